The van der Waals surface area contributed by atoms with Gasteiger partial charge in [0.15, 0.2) is 0 Å². The van der Waals surface area contributed by atoms with Gasteiger partial charge >= 0.3 is 5.97 Å². The number of halogens is 1. The van der Waals surface area contributed by atoms with Crippen molar-refractivity contribution in [3.05, 3.63) is 47.0 Å². The molecular weight excluding hydrogens is 288 g/mol. The standard InChI is InChI=1S/C11H7BrN2O3/c12-7-3-9(5-13-4-7)17-8-1-2-10(11(15)16)14-6-8/h1-6H,(H,15,16). The van der Waals surface area contributed by atoms with Crippen LogP contribution in [0.25, 0.3) is 0 Å². The predicted molar refractivity (Wildman–Crippen MR) is 63.2 cm³/mol. The molecule has 0 aliphatic carbocycles. The summed E-state index contributed by atoms with van der Waals surface area (Å²) in [6, 6.07) is 4.67. The Balaban J connectivity index is 2.16. The maximum absolute atomic E-state index is 10.6. The fourth-order valence-electron chi connectivity index (χ4n) is 1.15. The highest BCUT2D eigenvalue weighted by Gasteiger charge is 2.04. The zero-order valence-electron chi connectivity index (χ0n) is 8.50. The van der Waals surface area contributed by atoms with Gasteiger partial charge in [0, 0.05) is 10.7 Å². The van der Waals surface area contributed by atoms with Gasteiger partial charge in [-0.15, -0.1) is 0 Å². The molecule has 0 aromatic carbocycles. The van der Waals surface area contributed by atoms with E-state index in [9.17, 15) is 4.79 Å². The first-order valence-electron chi connectivity index (χ1n) is 4.63. The maximum atomic E-state index is 10.6. The lowest BCUT2D eigenvalue weighted by Crippen LogP contribution is -1.99. The molecule has 0 unspecified atom stereocenters. The number of nitrogens with zero attached hydrogens (tertiary/aromatic N) is 2. The molecule has 2 aromatic heterocycles. The summed E-state index contributed by atoms with van der Waals surface area (Å²) in [6.07, 6.45) is 4.54. The van der Waals surface area contributed by atoms with Crippen molar-refractivity contribution in [3.63, 3.8) is 0 Å². The van der Waals surface area contributed by atoms with Crippen LogP contribution in [0.2, 0.25) is 0 Å². The molecule has 17 heavy (non-hydrogen) atoms. The number of hydrogen-bond acceptors (Lipinski definition) is 4. The predicted octanol–water partition coefficient (Wildman–Crippen LogP) is 2.73. The number of ether oxygens (including phenoxy) is 1. The van der Waals surface area contributed by atoms with E-state index in [0.29, 0.717) is 11.5 Å². The van der Waals surface area contributed by atoms with Gasteiger partial charge in [-0.25, -0.2) is 9.78 Å². The molecule has 86 valence electrons. The van der Waals surface area contributed by atoms with Crippen LogP contribution >= 0.6 is 15.9 Å². The molecule has 6 heteroatoms. The number of rotatable bonds is 3. The average molecular weight is 295 g/mol. The van der Waals surface area contributed by atoms with Crippen molar-refractivity contribution < 1.29 is 14.6 Å². The highest BCUT2D eigenvalue weighted by Crippen LogP contribution is 2.22. The first-order chi connectivity index (χ1) is 8.15. The number of carboxylic acid groups (broad SMARTS) is 1. The van der Waals surface area contributed by atoms with Crippen LogP contribution < -0.4 is 4.74 Å². The van der Waals surface area contributed by atoms with Crippen molar-refractivity contribution in [2.45, 2.75) is 0 Å². The van der Waals surface area contributed by atoms with E-state index in [1.807, 2.05) is 0 Å². The van der Waals surface area contributed by atoms with Gasteiger partial charge in [0.05, 0.1) is 12.4 Å². The third-order valence-corrected chi connectivity index (χ3v) is 2.30. The number of hydrogen-bond donors (Lipinski definition) is 1. The summed E-state index contributed by atoms with van der Waals surface area (Å²) in [4.78, 5) is 18.3. The lowest BCUT2D eigenvalue weighted by molar-refractivity contribution is 0.0690. The molecule has 2 aromatic rings. The average Bonchev–Trinajstić information content (AvgIpc) is 2.29. The molecule has 1 N–H and O–H groups in total. The lowest BCUT2D eigenvalue weighted by atomic mass is 10.3. The molecule has 0 aliphatic heterocycles. The van der Waals surface area contributed by atoms with Gasteiger partial charge in [0.25, 0.3) is 0 Å². The molecule has 2 rings (SSSR count). The second-order valence-electron chi connectivity index (χ2n) is 3.13. The van der Waals surface area contributed by atoms with E-state index in [-0.39, 0.29) is 5.69 Å². The second-order valence-corrected chi connectivity index (χ2v) is 4.04. The normalized spacial score (nSPS) is 9.94. The van der Waals surface area contributed by atoms with Gasteiger partial charge in [0.1, 0.15) is 17.2 Å². The molecule has 0 aliphatic rings. The summed E-state index contributed by atoms with van der Waals surface area (Å²) in [5, 5.41) is 8.68. The topological polar surface area (TPSA) is 72.3 Å². The first-order valence-corrected chi connectivity index (χ1v) is 5.42. The van der Waals surface area contributed by atoms with Gasteiger partial charge in [-0.1, -0.05) is 0 Å². The Morgan fingerprint density at radius 2 is 2.06 bits per heavy atom. The Kier molecular flexibility index (Phi) is 3.34. The van der Waals surface area contributed by atoms with E-state index in [1.54, 1.807) is 18.5 Å². The summed E-state index contributed by atoms with van der Waals surface area (Å²) < 4.78 is 6.24. The van der Waals surface area contributed by atoms with Gasteiger partial charge in [-0.3, -0.25) is 4.98 Å². The second kappa shape index (κ2) is 4.92. The van der Waals surface area contributed by atoms with E-state index in [0.717, 1.165) is 4.47 Å². The van der Waals surface area contributed by atoms with Crippen LogP contribution in [0.5, 0.6) is 11.5 Å². The van der Waals surface area contributed by atoms with Crippen molar-refractivity contribution in [3.8, 4) is 11.5 Å². The Labute approximate surface area is 105 Å². The molecule has 0 spiro atoms. The van der Waals surface area contributed by atoms with E-state index >= 15 is 0 Å². The van der Waals surface area contributed by atoms with Crippen LogP contribution in [0.4, 0.5) is 0 Å². The molecule has 0 bridgehead atoms. The van der Waals surface area contributed by atoms with Crippen molar-refractivity contribution in [2.75, 3.05) is 0 Å². The Bertz CT molecular complexity index is 543. The van der Waals surface area contributed by atoms with Crippen molar-refractivity contribution in [1.29, 1.82) is 0 Å². The number of aromatic nitrogens is 2. The molecule has 0 saturated heterocycles. The summed E-state index contributed by atoms with van der Waals surface area (Å²) in [5.74, 6) is -0.0696. The summed E-state index contributed by atoms with van der Waals surface area (Å²) >= 11 is 3.27. The van der Waals surface area contributed by atoms with Crippen LogP contribution in [-0.2, 0) is 0 Å². The molecule has 5 nitrogen and oxygen atoms in total. The van der Waals surface area contributed by atoms with Crippen LogP contribution in [0.3, 0.4) is 0 Å². The van der Waals surface area contributed by atoms with Gasteiger partial charge in [-0.05, 0) is 34.1 Å². The SMILES string of the molecule is O=C(O)c1ccc(Oc2cncc(Br)c2)cn1. The number of aromatic carboxylic acids is 1. The van der Waals surface area contributed by atoms with E-state index in [2.05, 4.69) is 25.9 Å². The lowest BCUT2D eigenvalue weighted by Gasteiger charge is -2.04. The van der Waals surface area contributed by atoms with E-state index < -0.39 is 5.97 Å². The highest BCUT2D eigenvalue weighted by atomic mass is 79.9. The number of carbonyl (C=O) groups is 1. The fraction of sp³-hybridized carbons (Fsp3) is 0. The first kappa shape index (κ1) is 11.5. The van der Waals surface area contributed by atoms with Crippen LogP contribution in [0.1, 0.15) is 10.5 Å². The number of carboxylic acids is 1. The van der Waals surface area contributed by atoms with E-state index in [1.165, 1.54) is 18.3 Å². The van der Waals surface area contributed by atoms with E-state index in [4.69, 9.17) is 9.84 Å². The summed E-state index contributed by atoms with van der Waals surface area (Å²) in [5.41, 5.74) is -0.0234. The minimum Gasteiger partial charge on any atom is -0.477 e. The van der Waals surface area contributed by atoms with Crippen LogP contribution in [-0.4, -0.2) is 21.0 Å². The van der Waals surface area contributed by atoms with Gasteiger partial charge < -0.3 is 9.84 Å². The summed E-state index contributed by atoms with van der Waals surface area (Å²) in [7, 11) is 0. The Morgan fingerprint density at radius 3 is 2.65 bits per heavy atom. The molecule has 0 amide bonds. The van der Waals surface area contributed by atoms with Gasteiger partial charge in [-0.2, -0.15) is 0 Å². The third kappa shape index (κ3) is 3.01. The number of pyridine rings is 2. The maximum Gasteiger partial charge on any atom is 0.354 e. The minimum absolute atomic E-state index is 0.0234. The Morgan fingerprint density at radius 1 is 1.24 bits per heavy atom. The monoisotopic (exact) mass is 294 g/mol. The summed E-state index contributed by atoms with van der Waals surface area (Å²) in [6.45, 7) is 0. The third-order valence-electron chi connectivity index (χ3n) is 1.87. The van der Waals surface area contributed by atoms with Crippen molar-refractivity contribution >= 4 is 21.9 Å². The largest absolute Gasteiger partial charge is 0.477 e. The fourth-order valence-corrected chi connectivity index (χ4v) is 1.50. The molecule has 0 radical (unpaired) electrons. The Hall–Kier alpha value is -1.95. The van der Waals surface area contributed by atoms with Crippen LogP contribution in [0, 0.1) is 0 Å². The molecule has 0 saturated carbocycles. The zero-order chi connectivity index (χ0) is 12.3. The smallest absolute Gasteiger partial charge is 0.354 e. The van der Waals surface area contributed by atoms with Gasteiger partial charge in [0.2, 0.25) is 0 Å². The van der Waals surface area contributed by atoms with Crippen LogP contribution in [0.15, 0.2) is 41.3 Å². The zero-order valence-corrected chi connectivity index (χ0v) is 10.1. The molecule has 2 heterocycles. The van der Waals surface area contributed by atoms with Crippen molar-refractivity contribution in [2.24, 2.45) is 0 Å². The minimum atomic E-state index is -1.07. The molecule has 0 atom stereocenters. The quantitative estimate of drug-likeness (QED) is 0.942. The highest BCUT2D eigenvalue weighted by molar-refractivity contribution is 9.10. The molecule has 0 fully saturated rings. The van der Waals surface area contributed by atoms with Crippen molar-refractivity contribution in [1.82, 2.24) is 9.97 Å². The molecular formula is C11H7BrN2O3.